The summed E-state index contributed by atoms with van der Waals surface area (Å²) in [6.45, 7) is 33.7. The number of rotatable bonds is 3. The van der Waals surface area contributed by atoms with Crippen molar-refractivity contribution in [3.05, 3.63) is 41.5 Å². The fourth-order valence-electron chi connectivity index (χ4n) is 0. The largest absolute Gasteiger partial charge is 0.344 e. The van der Waals surface area contributed by atoms with Gasteiger partial charge in [0.25, 0.3) is 0 Å². The van der Waals surface area contributed by atoms with E-state index in [-0.39, 0.29) is 25.8 Å². The molecule has 0 rings (SSSR count). The van der Waals surface area contributed by atoms with Crippen LogP contribution in [0.1, 0.15) is 99.3 Å². The monoisotopic (exact) mass is 480 g/mol. The zero-order valence-electron chi connectivity index (χ0n) is 17.1. The van der Waals surface area contributed by atoms with Crippen molar-refractivity contribution in [2.45, 2.75) is 99.3 Å². The molecule has 0 aromatic heterocycles. The van der Waals surface area contributed by atoms with Crippen molar-refractivity contribution in [3.63, 3.8) is 0 Å². The van der Waals surface area contributed by atoms with E-state index in [9.17, 15) is 0 Å². The van der Waals surface area contributed by atoms with Gasteiger partial charge in [-0.3, -0.25) is 0 Å². The third-order valence-corrected chi connectivity index (χ3v) is 1.06. The molecule has 0 nitrogen and oxygen atoms in total. The number of hydrogen-bond donors (Lipinski definition) is 0. The molecule has 0 aliphatic carbocycles. The predicted octanol–water partition coefficient (Wildman–Crippen LogP) is 8.55. The Morgan fingerprint density at radius 2 is 0.455 bits per heavy atom. The summed E-state index contributed by atoms with van der Waals surface area (Å²) in [5, 5.41) is 0. The third kappa shape index (κ3) is 550. The summed E-state index contributed by atoms with van der Waals surface area (Å²) in [6.07, 6.45) is 9.83. The smallest absolute Gasteiger partial charge is 0 e. The second kappa shape index (κ2) is 97.8. The van der Waals surface area contributed by atoms with Gasteiger partial charge in [0.05, 0.1) is 0 Å². The van der Waals surface area contributed by atoms with E-state index in [4.69, 9.17) is 0 Å². The van der Waals surface area contributed by atoms with Gasteiger partial charge >= 0.3 is 0 Å². The maximum atomic E-state index is 3.60. The molecule has 0 radical (unpaired) electrons. The summed E-state index contributed by atoms with van der Waals surface area (Å²) in [4.78, 5) is 0. The first-order valence-corrected chi connectivity index (χ1v) is 8.74. The van der Waals surface area contributed by atoms with Gasteiger partial charge in [0, 0.05) is 25.8 Å². The Hall–Kier alpha value is 0.870. The Labute approximate surface area is 166 Å². The topological polar surface area (TPSA) is 0 Å². The van der Waals surface area contributed by atoms with Crippen molar-refractivity contribution in [2.75, 3.05) is 0 Å². The van der Waals surface area contributed by atoms with Gasteiger partial charge in [-0.25, -0.2) is 0 Å². The summed E-state index contributed by atoms with van der Waals surface area (Å²) >= 11 is 0. The Morgan fingerprint density at radius 3 is 0.455 bits per heavy atom. The number of hydrogen-bond acceptors (Lipinski definition) is 0. The van der Waals surface area contributed by atoms with Crippen LogP contribution in [0, 0.1) is 41.5 Å². The van der Waals surface area contributed by atoms with Gasteiger partial charge < -0.3 is 41.5 Å². The Bertz CT molecular complexity index is 42.7. The quantitative estimate of drug-likeness (QED) is 0.281. The molecular formula is C21H48Hf-6. The first kappa shape index (κ1) is 43.4. The van der Waals surface area contributed by atoms with Gasteiger partial charge in [-0.1, -0.05) is 60.8 Å². The second-order valence-corrected chi connectivity index (χ2v) is 4.06. The fourth-order valence-corrected chi connectivity index (χ4v) is 0. The van der Waals surface area contributed by atoms with E-state index in [0.29, 0.717) is 0 Å². The Balaban J connectivity index is -0.0000000245. The van der Waals surface area contributed by atoms with Crippen LogP contribution in [0.4, 0.5) is 0 Å². The van der Waals surface area contributed by atoms with Crippen LogP contribution < -0.4 is 0 Å². The second-order valence-electron chi connectivity index (χ2n) is 4.06. The molecule has 0 N–H and O–H groups in total. The van der Waals surface area contributed by atoms with E-state index in [2.05, 4.69) is 62.3 Å². The van der Waals surface area contributed by atoms with Crippen LogP contribution >= 0.6 is 0 Å². The summed E-state index contributed by atoms with van der Waals surface area (Å²) in [5.41, 5.74) is 0. The van der Waals surface area contributed by atoms with Crippen LogP contribution in [0.25, 0.3) is 0 Å². The van der Waals surface area contributed by atoms with E-state index >= 15 is 0 Å². The molecule has 0 atom stereocenters. The molecule has 0 amide bonds. The van der Waals surface area contributed by atoms with Crippen LogP contribution in [0.3, 0.4) is 0 Å². The molecule has 0 aliphatic heterocycles. The maximum absolute atomic E-state index is 3.60. The standard InChI is InChI=1S/3C4H9.3C3H7.Hf/c3*1-3-4-2;3*1-3-2;/h3*1,3-4H2,2H3;3*1,3H2,2H3;/q6*-1;. The molecule has 0 heterocycles. The van der Waals surface area contributed by atoms with Gasteiger partial charge in [0.15, 0.2) is 0 Å². The van der Waals surface area contributed by atoms with Crippen LogP contribution in [0.5, 0.6) is 0 Å². The van der Waals surface area contributed by atoms with E-state index in [1.807, 2.05) is 20.8 Å². The summed E-state index contributed by atoms with van der Waals surface area (Å²) in [6, 6.07) is 0. The minimum Gasteiger partial charge on any atom is -0.344 e. The third-order valence-electron chi connectivity index (χ3n) is 1.06. The summed E-state index contributed by atoms with van der Waals surface area (Å²) in [5.74, 6) is 0. The fraction of sp³-hybridized carbons (Fsp3) is 0.714. The normalized spacial score (nSPS) is 6.55. The van der Waals surface area contributed by atoms with Crippen molar-refractivity contribution in [3.8, 4) is 0 Å². The van der Waals surface area contributed by atoms with Crippen LogP contribution in [0.2, 0.25) is 0 Å². The van der Waals surface area contributed by atoms with Gasteiger partial charge in [0.2, 0.25) is 0 Å². The molecule has 0 saturated carbocycles. The first-order chi connectivity index (χ1) is 9.99. The van der Waals surface area contributed by atoms with Crippen molar-refractivity contribution in [1.82, 2.24) is 0 Å². The van der Waals surface area contributed by atoms with Crippen molar-refractivity contribution < 1.29 is 25.8 Å². The zero-order valence-corrected chi connectivity index (χ0v) is 20.7. The molecular weight excluding hydrogens is 431 g/mol. The molecule has 22 heavy (non-hydrogen) atoms. The SMILES string of the molecule is [CH2-]CC.[CH2-]CC.[CH2-]CC.[CH2-]CCC.[CH2-]CCC.[CH2-]CCC.[Hf]. The Morgan fingerprint density at radius 1 is 0.409 bits per heavy atom. The molecule has 142 valence electrons. The average molecular weight is 479 g/mol. The predicted molar refractivity (Wildman–Crippen MR) is 108 cm³/mol. The number of unbranched alkanes of at least 4 members (excludes halogenated alkanes) is 3. The minimum absolute atomic E-state index is 0. The molecule has 0 unspecified atom stereocenters. The van der Waals surface area contributed by atoms with Crippen molar-refractivity contribution >= 4 is 0 Å². The first-order valence-electron chi connectivity index (χ1n) is 8.74. The molecule has 0 aromatic carbocycles. The van der Waals surface area contributed by atoms with Gasteiger partial charge in [-0.2, -0.15) is 38.5 Å². The van der Waals surface area contributed by atoms with Crippen molar-refractivity contribution in [2.24, 2.45) is 0 Å². The van der Waals surface area contributed by atoms with Crippen LogP contribution in [-0.4, -0.2) is 0 Å². The molecule has 1 heteroatoms. The van der Waals surface area contributed by atoms with Gasteiger partial charge in [0.1, 0.15) is 0 Å². The van der Waals surface area contributed by atoms with Gasteiger partial charge in [-0.05, 0) is 0 Å². The van der Waals surface area contributed by atoms with E-state index in [0.717, 1.165) is 38.5 Å². The molecule has 0 bridgehead atoms. The van der Waals surface area contributed by atoms with Crippen LogP contribution in [0.15, 0.2) is 0 Å². The van der Waals surface area contributed by atoms with E-state index in [1.165, 1.54) is 19.3 Å². The molecule has 0 saturated heterocycles. The molecule has 0 aromatic rings. The molecule has 0 aliphatic rings. The zero-order chi connectivity index (χ0) is 18.4. The van der Waals surface area contributed by atoms with Gasteiger partial charge in [-0.15, -0.1) is 0 Å². The molecule has 0 spiro atoms. The van der Waals surface area contributed by atoms with Crippen LogP contribution in [-0.2, 0) is 25.8 Å². The Kier molecular flexibility index (Phi) is 193. The molecule has 0 fully saturated rings. The minimum atomic E-state index is 0. The van der Waals surface area contributed by atoms with E-state index < -0.39 is 0 Å². The summed E-state index contributed by atoms with van der Waals surface area (Å²) in [7, 11) is 0. The van der Waals surface area contributed by atoms with Crippen molar-refractivity contribution in [1.29, 1.82) is 0 Å². The van der Waals surface area contributed by atoms with E-state index in [1.54, 1.807) is 0 Å². The maximum Gasteiger partial charge on any atom is 0 e. The average Bonchev–Trinajstić information content (AvgIpc) is 2.50. The summed E-state index contributed by atoms with van der Waals surface area (Å²) < 4.78 is 0.